The number of nitrogens with one attached hydrogen (secondary N) is 1. The van der Waals surface area contributed by atoms with E-state index in [4.69, 9.17) is 5.41 Å². The molecule has 3 unspecified atom stereocenters. The van der Waals surface area contributed by atoms with Gasteiger partial charge in [0.15, 0.2) is 0 Å². The van der Waals surface area contributed by atoms with Crippen molar-refractivity contribution >= 4 is 5.71 Å². The number of rotatable bonds is 5. The van der Waals surface area contributed by atoms with Crippen LogP contribution in [0.1, 0.15) is 47.5 Å². The first-order chi connectivity index (χ1) is 5.49. The van der Waals surface area contributed by atoms with Crippen LogP contribution in [0.2, 0.25) is 0 Å². The van der Waals surface area contributed by atoms with Gasteiger partial charge in [-0.15, -0.1) is 0 Å². The zero-order valence-corrected chi connectivity index (χ0v) is 9.15. The van der Waals surface area contributed by atoms with Gasteiger partial charge < -0.3 is 5.41 Å². The van der Waals surface area contributed by atoms with E-state index in [-0.39, 0.29) is 0 Å². The molecule has 1 heteroatoms. The highest BCUT2D eigenvalue weighted by molar-refractivity contribution is 5.78. The molecule has 0 aromatic rings. The second-order valence-electron chi connectivity index (χ2n) is 4.21. The highest BCUT2D eigenvalue weighted by Crippen LogP contribution is 2.25. The van der Waals surface area contributed by atoms with Crippen LogP contribution in [0, 0.1) is 23.2 Å². The van der Waals surface area contributed by atoms with E-state index < -0.39 is 0 Å². The number of hydrogen-bond acceptors (Lipinski definition) is 1. The minimum Gasteiger partial charge on any atom is -0.310 e. The third-order valence-electron chi connectivity index (χ3n) is 3.07. The lowest BCUT2D eigenvalue weighted by Crippen LogP contribution is -2.17. The average molecular weight is 169 g/mol. The van der Waals surface area contributed by atoms with Crippen LogP contribution in [-0.2, 0) is 0 Å². The van der Waals surface area contributed by atoms with Crippen LogP contribution >= 0.6 is 0 Å². The highest BCUT2D eigenvalue weighted by atomic mass is 14.4. The Morgan fingerprint density at radius 3 is 2.00 bits per heavy atom. The van der Waals surface area contributed by atoms with E-state index in [0.717, 1.165) is 24.0 Å². The maximum absolute atomic E-state index is 7.42. The summed E-state index contributed by atoms with van der Waals surface area (Å²) in [7, 11) is 0. The Morgan fingerprint density at radius 2 is 1.67 bits per heavy atom. The molecule has 1 nitrogen and oxygen atoms in total. The summed E-state index contributed by atoms with van der Waals surface area (Å²) < 4.78 is 0. The maximum Gasteiger partial charge on any atom is 0.00609 e. The molecule has 72 valence electrons. The van der Waals surface area contributed by atoms with Crippen LogP contribution in [0.15, 0.2) is 0 Å². The summed E-state index contributed by atoms with van der Waals surface area (Å²) in [4.78, 5) is 0. The summed E-state index contributed by atoms with van der Waals surface area (Å²) in [6.45, 7) is 11.0. The van der Waals surface area contributed by atoms with Crippen molar-refractivity contribution in [3.8, 4) is 0 Å². The Kier molecular flexibility index (Phi) is 5.19. The third kappa shape index (κ3) is 3.89. The first-order valence-electron chi connectivity index (χ1n) is 5.03. The second-order valence-corrected chi connectivity index (χ2v) is 4.21. The van der Waals surface area contributed by atoms with E-state index in [0.29, 0.717) is 5.92 Å². The smallest absolute Gasteiger partial charge is 0.00609 e. The Morgan fingerprint density at radius 1 is 1.17 bits per heavy atom. The van der Waals surface area contributed by atoms with Gasteiger partial charge in [-0.2, -0.15) is 0 Å². The van der Waals surface area contributed by atoms with E-state index in [9.17, 15) is 0 Å². The van der Waals surface area contributed by atoms with E-state index in [1.165, 1.54) is 6.42 Å². The van der Waals surface area contributed by atoms with Gasteiger partial charge in [0.1, 0.15) is 0 Å². The Hall–Kier alpha value is -0.330. The lowest BCUT2D eigenvalue weighted by atomic mass is 9.81. The van der Waals surface area contributed by atoms with E-state index in [1.54, 1.807) is 0 Å². The summed E-state index contributed by atoms with van der Waals surface area (Å²) >= 11 is 0. The predicted octanol–water partition coefficient (Wildman–Crippen LogP) is 3.73. The molecule has 0 heterocycles. The Balaban J connectivity index is 3.91. The fraction of sp³-hybridized carbons (Fsp3) is 0.909. The van der Waals surface area contributed by atoms with E-state index in [2.05, 4.69) is 27.7 Å². The lowest BCUT2D eigenvalue weighted by molar-refractivity contribution is 0.278. The normalized spacial score (nSPS) is 18.4. The molecule has 3 atom stereocenters. The molecule has 0 aromatic heterocycles. The topological polar surface area (TPSA) is 23.9 Å². The quantitative estimate of drug-likeness (QED) is 0.606. The van der Waals surface area contributed by atoms with Crippen LogP contribution in [0.5, 0.6) is 0 Å². The Bertz CT molecular complexity index is 140. The standard InChI is InChI=1S/C11H23N/c1-6-8(2)11(5)9(3)7-10(4)12/h8-9,11-12H,6-7H2,1-5H3. The van der Waals surface area contributed by atoms with Crippen LogP contribution in [0.25, 0.3) is 0 Å². The van der Waals surface area contributed by atoms with Gasteiger partial charge >= 0.3 is 0 Å². The zero-order chi connectivity index (χ0) is 9.72. The minimum atomic E-state index is 0.664. The highest BCUT2D eigenvalue weighted by Gasteiger charge is 2.17. The first-order valence-corrected chi connectivity index (χ1v) is 5.03. The molecule has 0 aromatic carbocycles. The molecule has 1 N–H and O–H groups in total. The molecule has 12 heavy (non-hydrogen) atoms. The zero-order valence-electron chi connectivity index (χ0n) is 9.15. The average Bonchev–Trinajstić information content (AvgIpc) is 2.00. The van der Waals surface area contributed by atoms with Crippen molar-refractivity contribution in [2.75, 3.05) is 0 Å². The van der Waals surface area contributed by atoms with Crippen LogP contribution in [-0.4, -0.2) is 5.71 Å². The van der Waals surface area contributed by atoms with Crippen LogP contribution < -0.4 is 0 Å². The first kappa shape index (κ1) is 11.7. The molecule has 0 saturated carbocycles. The van der Waals surface area contributed by atoms with E-state index >= 15 is 0 Å². The monoisotopic (exact) mass is 169 g/mol. The van der Waals surface area contributed by atoms with Crippen LogP contribution in [0.3, 0.4) is 0 Å². The summed E-state index contributed by atoms with van der Waals surface area (Å²) in [5, 5.41) is 7.42. The summed E-state index contributed by atoms with van der Waals surface area (Å²) in [6.07, 6.45) is 2.22. The molecule has 0 aliphatic carbocycles. The van der Waals surface area contributed by atoms with Gasteiger partial charge in [-0.25, -0.2) is 0 Å². The molecule has 0 fully saturated rings. The molecule has 0 radical (unpaired) electrons. The summed E-state index contributed by atoms with van der Waals surface area (Å²) in [5.74, 6) is 2.20. The molecule has 0 saturated heterocycles. The largest absolute Gasteiger partial charge is 0.310 e. The van der Waals surface area contributed by atoms with Crippen molar-refractivity contribution < 1.29 is 0 Å². The van der Waals surface area contributed by atoms with Crippen molar-refractivity contribution in [1.29, 1.82) is 5.41 Å². The van der Waals surface area contributed by atoms with Gasteiger partial charge in [-0.1, -0.05) is 34.1 Å². The van der Waals surface area contributed by atoms with Crippen molar-refractivity contribution in [3.05, 3.63) is 0 Å². The molecular weight excluding hydrogens is 146 g/mol. The molecule has 0 rings (SSSR count). The van der Waals surface area contributed by atoms with Crippen molar-refractivity contribution in [2.24, 2.45) is 17.8 Å². The SMILES string of the molecule is CCC(C)C(C)C(C)CC(C)=N. The maximum atomic E-state index is 7.42. The third-order valence-corrected chi connectivity index (χ3v) is 3.07. The van der Waals surface area contributed by atoms with Crippen molar-refractivity contribution in [3.63, 3.8) is 0 Å². The van der Waals surface area contributed by atoms with Crippen LogP contribution in [0.4, 0.5) is 0 Å². The Labute approximate surface area is 77.1 Å². The molecular formula is C11H23N. The van der Waals surface area contributed by atoms with Crippen molar-refractivity contribution in [1.82, 2.24) is 0 Å². The fourth-order valence-electron chi connectivity index (χ4n) is 1.60. The molecule has 0 aliphatic heterocycles. The van der Waals surface area contributed by atoms with E-state index in [1.807, 2.05) is 6.92 Å². The molecule has 0 spiro atoms. The minimum absolute atomic E-state index is 0.664. The van der Waals surface area contributed by atoms with Gasteiger partial charge in [0.25, 0.3) is 0 Å². The molecule has 0 amide bonds. The van der Waals surface area contributed by atoms with Gasteiger partial charge in [0.2, 0.25) is 0 Å². The molecule has 0 aliphatic rings. The van der Waals surface area contributed by atoms with Gasteiger partial charge in [-0.3, -0.25) is 0 Å². The number of hydrogen-bond donors (Lipinski definition) is 1. The van der Waals surface area contributed by atoms with Gasteiger partial charge in [0, 0.05) is 5.71 Å². The van der Waals surface area contributed by atoms with Crippen molar-refractivity contribution in [2.45, 2.75) is 47.5 Å². The molecule has 0 bridgehead atoms. The van der Waals surface area contributed by atoms with Gasteiger partial charge in [-0.05, 0) is 31.1 Å². The lowest BCUT2D eigenvalue weighted by Gasteiger charge is -2.24. The predicted molar refractivity (Wildman–Crippen MR) is 55.8 cm³/mol. The van der Waals surface area contributed by atoms with Gasteiger partial charge in [0.05, 0.1) is 0 Å². The second kappa shape index (κ2) is 5.34. The summed E-state index contributed by atoms with van der Waals surface area (Å²) in [5.41, 5.74) is 0.817. The summed E-state index contributed by atoms with van der Waals surface area (Å²) in [6, 6.07) is 0. The fourth-order valence-corrected chi connectivity index (χ4v) is 1.60.